The third kappa shape index (κ3) is 2.07. The maximum atomic E-state index is 12.6. The van der Waals surface area contributed by atoms with Crippen LogP contribution in [0.3, 0.4) is 0 Å². The summed E-state index contributed by atoms with van der Waals surface area (Å²) in [6.07, 6.45) is 11.6. The Hall–Kier alpha value is -0.570. The van der Waals surface area contributed by atoms with E-state index in [0.717, 1.165) is 18.8 Å². The lowest BCUT2D eigenvalue weighted by Crippen LogP contribution is -2.50. The molecule has 3 rings (SSSR count). The SMILES string of the molecule is CCCC1NC(C2CCCC2)N(C2CCC2)C1=O. The normalized spacial score (nSPS) is 34.3. The molecule has 18 heavy (non-hydrogen) atoms. The molecule has 1 heterocycles. The standard InChI is InChI=1S/C15H26N2O/c1-2-6-13-15(18)17(12-9-5-10-12)14(16-13)11-7-3-4-8-11/h11-14,16H,2-10H2,1H3. The predicted molar refractivity (Wildman–Crippen MR) is 72.1 cm³/mol. The van der Waals surface area contributed by atoms with Gasteiger partial charge in [-0.3, -0.25) is 10.1 Å². The van der Waals surface area contributed by atoms with Crippen LogP contribution in [0.5, 0.6) is 0 Å². The van der Waals surface area contributed by atoms with E-state index < -0.39 is 0 Å². The van der Waals surface area contributed by atoms with Gasteiger partial charge in [-0.2, -0.15) is 0 Å². The average Bonchev–Trinajstić information content (AvgIpc) is 2.90. The number of hydrogen-bond donors (Lipinski definition) is 1. The highest BCUT2D eigenvalue weighted by atomic mass is 16.2. The zero-order valence-electron chi connectivity index (χ0n) is 11.5. The van der Waals surface area contributed by atoms with E-state index >= 15 is 0 Å². The minimum Gasteiger partial charge on any atom is -0.323 e. The Morgan fingerprint density at radius 3 is 2.44 bits per heavy atom. The molecular formula is C15H26N2O. The van der Waals surface area contributed by atoms with Crippen molar-refractivity contribution in [1.82, 2.24) is 10.2 Å². The number of nitrogens with one attached hydrogen (secondary N) is 1. The molecule has 1 aliphatic heterocycles. The molecule has 3 aliphatic rings. The van der Waals surface area contributed by atoms with Crippen LogP contribution >= 0.6 is 0 Å². The lowest BCUT2D eigenvalue weighted by molar-refractivity contribution is -0.135. The summed E-state index contributed by atoms with van der Waals surface area (Å²) in [4.78, 5) is 14.8. The van der Waals surface area contributed by atoms with Gasteiger partial charge in [-0.15, -0.1) is 0 Å². The summed E-state index contributed by atoms with van der Waals surface area (Å²) in [5.41, 5.74) is 0. The van der Waals surface area contributed by atoms with Gasteiger partial charge in [-0.05, 0) is 44.4 Å². The number of carbonyl (C=O) groups is 1. The smallest absolute Gasteiger partial charge is 0.241 e. The Kier molecular flexibility index (Phi) is 3.60. The first kappa shape index (κ1) is 12.5. The summed E-state index contributed by atoms with van der Waals surface area (Å²) in [7, 11) is 0. The molecule has 3 fully saturated rings. The van der Waals surface area contributed by atoms with Crippen LogP contribution in [0.1, 0.15) is 64.7 Å². The number of hydrogen-bond acceptors (Lipinski definition) is 2. The Morgan fingerprint density at radius 1 is 1.17 bits per heavy atom. The third-order valence-electron chi connectivity index (χ3n) is 5.12. The van der Waals surface area contributed by atoms with Gasteiger partial charge in [0.25, 0.3) is 0 Å². The first-order valence-electron chi connectivity index (χ1n) is 7.89. The zero-order chi connectivity index (χ0) is 12.5. The number of amides is 1. The Morgan fingerprint density at radius 2 is 1.89 bits per heavy atom. The maximum absolute atomic E-state index is 12.6. The highest BCUT2D eigenvalue weighted by molar-refractivity contribution is 5.84. The van der Waals surface area contributed by atoms with Crippen LogP contribution in [0.25, 0.3) is 0 Å². The Labute approximate surface area is 110 Å². The van der Waals surface area contributed by atoms with Gasteiger partial charge in [0.05, 0.1) is 12.2 Å². The lowest BCUT2D eigenvalue weighted by atomic mass is 9.89. The van der Waals surface area contributed by atoms with Crippen molar-refractivity contribution in [2.24, 2.45) is 5.92 Å². The fraction of sp³-hybridized carbons (Fsp3) is 0.933. The molecule has 2 unspecified atom stereocenters. The highest BCUT2D eigenvalue weighted by Gasteiger charge is 2.46. The molecule has 0 bridgehead atoms. The number of carbonyl (C=O) groups excluding carboxylic acids is 1. The molecule has 2 atom stereocenters. The summed E-state index contributed by atoms with van der Waals surface area (Å²) >= 11 is 0. The van der Waals surface area contributed by atoms with Gasteiger partial charge in [0.15, 0.2) is 0 Å². The molecule has 102 valence electrons. The zero-order valence-corrected chi connectivity index (χ0v) is 11.5. The molecule has 2 saturated carbocycles. The molecule has 1 N–H and O–H groups in total. The fourth-order valence-electron chi connectivity index (χ4n) is 3.88. The third-order valence-corrected chi connectivity index (χ3v) is 5.12. The Balaban J connectivity index is 1.74. The monoisotopic (exact) mass is 250 g/mol. The molecule has 3 heteroatoms. The van der Waals surface area contributed by atoms with E-state index in [9.17, 15) is 4.79 Å². The summed E-state index contributed by atoms with van der Waals surface area (Å²) < 4.78 is 0. The van der Waals surface area contributed by atoms with E-state index in [4.69, 9.17) is 0 Å². The minimum absolute atomic E-state index is 0.112. The van der Waals surface area contributed by atoms with E-state index in [0.29, 0.717) is 18.1 Å². The summed E-state index contributed by atoms with van der Waals surface area (Å²) in [6.45, 7) is 2.17. The molecule has 0 aromatic carbocycles. The topological polar surface area (TPSA) is 32.3 Å². The van der Waals surface area contributed by atoms with Crippen molar-refractivity contribution in [3.8, 4) is 0 Å². The summed E-state index contributed by atoms with van der Waals surface area (Å²) in [5.74, 6) is 1.12. The van der Waals surface area contributed by atoms with Crippen molar-refractivity contribution in [2.45, 2.75) is 83.0 Å². The van der Waals surface area contributed by atoms with Gasteiger partial charge in [0, 0.05) is 6.04 Å². The van der Waals surface area contributed by atoms with Crippen LogP contribution in [0.15, 0.2) is 0 Å². The van der Waals surface area contributed by atoms with E-state index in [2.05, 4.69) is 17.1 Å². The van der Waals surface area contributed by atoms with Gasteiger partial charge < -0.3 is 4.90 Å². The van der Waals surface area contributed by atoms with Crippen LogP contribution in [0.4, 0.5) is 0 Å². The summed E-state index contributed by atoms with van der Waals surface area (Å²) in [6, 6.07) is 0.665. The van der Waals surface area contributed by atoms with Crippen LogP contribution in [0.2, 0.25) is 0 Å². The lowest BCUT2D eigenvalue weighted by Gasteiger charge is -2.40. The van der Waals surface area contributed by atoms with Gasteiger partial charge in [-0.1, -0.05) is 26.2 Å². The molecule has 1 amide bonds. The van der Waals surface area contributed by atoms with Gasteiger partial charge in [0.2, 0.25) is 5.91 Å². The molecule has 0 aromatic heterocycles. The largest absolute Gasteiger partial charge is 0.323 e. The number of nitrogens with zero attached hydrogens (tertiary/aromatic N) is 1. The highest BCUT2D eigenvalue weighted by Crippen LogP contribution is 2.37. The van der Waals surface area contributed by atoms with Crippen molar-refractivity contribution < 1.29 is 4.79 Å². The molecule has 0 radical (unpaired) electrons. The van der Waals surface area contributed by atoms with Crippen molar-refractivity contribution in [3.05, 3.63) is 0 Å². The van der Waals surface area contributed by atoms with E-state index in [1.54, 1.807) is 0 Å². The summed E-state index contributed by atoms with van der Waals surface area (Å²) in [5, 5.41) is 3.66. The molecule has 3 nitrogen and oxygen atoms in total. The van der Waals surface area contributed by atoms with Gasteiger partial charge in [0.1, 0.15) is 0 Å². The number of rotatable bonds is 4. The van der Waals surface area contributed by atoms with Crippen molar-refractivity contribution in [3.63, 3.8) is 0 Å². The van der Waals surface area contributed by atoms with Crippen molar-refractivity contribution in [2.75, 3.05) is 0 Å². The molecule has 0 spiro atoms. The second-order valence-corrected chi connectivity index (χ2v) is 6.33. The fourth-order valence-corrected chi connectivity index (χ4v) is 3.88. The first-order valence-corrected chi connectivity index (χ1v) is 7.89. The predicted octanol–water partition coefficient (Wildman–Crippen LogP) is 2.66. The molecular weight excluding hydrogens is 224 g/mol. The van der Waals surface area contributed by atoms with Crippen LogP contribution in [0, 0.1) is 5.92 Å². The van der Waals surface area contributed by atoms with E-state index in [1.165, 1.54) is 44.9 Å². The second kappa shape index (κ2) is 5.20. The van der Waals surface area contributed by atoms with Crippen molar-refractivity contribution >= 4 is 5.91 Å². The molecule has 0 aromatic rings. The van der Waals surface area contributed by atoms with Crippen LogP contribution in [-0.4, -0.2) is 29.1 Å². The van der Waals surface area contributed by atoms with E-state index in [1.807, 2.05) is 0 Å². The first-order chi connectivity index (χ1) is 8.81. The van der Waals surface area contributed by atoms with E-state index in [-0.39, 0.29) is 6.04 Å². The van der Waals surface area contributed by atoms with Crippen LogP contribution in [-0.2, 0) is 4.79 Å². The molecule has 2 aliphatic carbocycles. The Bertz CT molecular complexity index is 308. The quantitative estimate of drug-likeness (QED) is 0.832. The molecule has 1 saturated heterocycles. The van der Waals surface area contributed by atoms with Gasteiger partial charge in [-0.25, -0.2) is 0 Å². The maximum Gasteiger partial charge on any atom is 0.241 e. The second-order valence-electron chi connectivity index (χ2n) is 6.33. The van der Waals surface area contributed by atoms with Crippen molar-refractivity contribution in [1.29, 1.82) is 0 Å². The van der Waals surface area contributed by atoms with Gasteiger partial charge >= 0.3 is 0 Å². The average molecular weight is 250 g/mol. The minimum atomic E-state index is 0.112. The van der Waals surface area contributed by atoms with Crippen LogP contribution < -0.4 is 5.32 Å².